The maximum absolute atomic E-state index is 9.96. The molecule has 0 radical (unpaired) electrons. The second-order valence-electron chi connectivity index (χ2n) is 5.28. The molecular weight excluding hydrogens is 226 g/mol. The highest BCUT2D eigenvalue weighted by atomic mass is 16.3. The van der Waals surface area contributed by atoms with Crippen LogP contribution in [0, 0.1) is 5.92 Å². The highest BCUT2D eigenvalue weighted by Crippen LogP contribution is 2.19. The summed E-state index contributed by atoms with van der Waals surface area (Å²) >= 11 is 0. The van der Waals surface area contributed by atoms with Crippen LogP contribution in [0.25, 0.3) is 0 Å². The van der Waals surface area contributed by atoms with Crippen molar-refractivity contribution in [3.63, 3.8) is 0 Å². The van der Waals surface area contributed by atoms with E-state index >= 15 is 0 Å². The Morgan fingerprint density at radius 3 is 2.94 bits per heavy atom. The van der Waals surface area contributed by atoms with Crippen LogP contribution in [0.15, 0.2) is 12.3 Å². The zero-order valence-electron chi connectivity index (χ0n) is 11.5. The first kappa shape index (κ1) is 13.6. The van der Waals surface area contributed by atoms with Gasteiger partial charge in [0.25, 0.3) is 0 Å². The lowest BCUT2D eigenvalue weighted by atomic mass is 9.92. The van der Waals surface area contributed by atoms with E-state index in [0.29, 0.717) is 12.0 Å². The van der Waals surface area contributed by atoms with Crippen LogP contribution in [0.5, 0.6) is 0 Å². The fourth-order valence-corrected chi connectivity index (χ4v) is 2.74. The van der Waals surface area contributed by atoms with Crippen LogP contribution in [0.2, 0.25) is 0 Å². The van der Waals surface area contributed by atoms with Gasteiger partial charge in [0.05, 0.1) is 17.8 Å². The average molecular weight is 251 g/mol. The van der Waals surface area contributed by atoms with Gasteiger partial charge in [-0.05, 0) is 38.3 Å². The van der Waals surface area contributed by atoms with Crippen LogP contribution in [-0.4, -0.2) is 34.1 Å². The molecule has 102 valence electrons. The molecule has 18 heavy (non-hydrogen) atoms. The minimum atomic E-state index is -0.176. The molecule has 0 saturated carbocycles. The van der Waals surface area contributed by atoms with E-state index in [-0.39, 0.29) is 6.10 Å². The Labute approximate surface area is 109 Å². The van der Waals surface area contributed by atoms with Gasteiger partial charge in [-0.25, -0.2) is 0 Å². The summed E-state index contributed by atoms with van der Waals surface area (Å²) in [5, 5.41) is 18.0. The number of rotatable bonds is 5. The molecule has 1 saturated heterocycles. The molecule has 2 unspecified atom stereocenters. The Kier molecular flexibility index (Phi) is 4.78. The van der Waals surface area contributed by atoms with Gasteiger partial charge in [0.15, 0.2) is 0 Å². The lowest BCUT2D eigenvalue weighted by Gasteiger charge is -2.27. The van der Waals surface area contributed by atoms with Crippen LogP contribution < -0.4 is 5.32 Å². The lowest BCUT2D eigenvalue weighted by molar-refractivity contribution is 0.0785. The topological polar surface area (TPSA) is 50.1 Å². The second-order valence-corrected chi connectivity index (χ2v) is 5.28. The minimum Gasteiger partial charge on any atom is -0.393 e. The number of nitrogens with one attached hydrogen (secondary N) is 1. The number of hydrogen-bond donors (Lipinski definition) is 2. The molecule has 1 aliphatic rings. The number of nitrogens with zero attached hydrogens (tertiary/aromatic N) is 2. The third kappa shape index (κ3) is 3.12. The number of aromatic nitrogens is 2. The van der Waals surface area contributed by atoms with Crippen molar-refractivity contribution in [2.45, 2.75) is 51.7 Å². The predicted molar refractivity (Wildman–Crippen MR) is 72.5 cm³/mol. The maximum atomic E-state index is 9.96. The first-order valence-corrected chi connectivity index (χ1v) is 7.17. The van der Waals surface area contributed by atoms with E-state index in [4.69, 9.17) is 0 Å². The third-order valence-electron chi connectivity index (χ3n) is 4.02. The summed E-state index contributed by atoms with van der Waals surface area (Å²) < 4.78 is 2.08. The van der Waals surface area contributed by atoms with E-state index in [9.17, 15) is 5.11 Å². The fourth-order valence-electron chi connectivity index (χ4n) is 2.74. The molecule has 0 spiro atoms. The maximum Gasteiger partial charge on any atom is 0.0628 e. The molecule has 0 amide bonds. The minimum absolute atomic E-state index is 0.176. The summed E-state index contributed by atoms with van der Waals surface area (Å²) in [5.41, 5.74) is 1.11. The summed E-state index contributed by atoms with van der Waals surface area (Å²) in [6.45, 7) is 6.23. The monoisotopic (exact) mass is 251 g/mol. The van der Waals surface area contributed by atoms with Crippen molar-refractivity contribution in [1.29, 1.82) is 0 Å². The van der Waals surface area contributed by atoms with Gasteiger partial charge < -0.3 is 10.4 Å². The van der Waals surface area contributed by atoms with E-state index in [2.05, 4.69) is 41.2 Å². The Morgan fingerprint density at radius 2 is 2.28 bits per heavy atom. The molecule has 2 atom stereocenters. The van der Waals surface area contributed by atoms with Gasteiger partial charge in [-0.3, -0.25) is 4.68 Å². The molecule has 2 heterocycles. The molecular formula is C14H25N3O. The second kappa shape index (κ2) is 6.34. The SMILES string of the molecule is CCC(CC)n1ccc(CC2CNCCC2O)n1. The molecule has 1 aromatic heterocycles. The predicted octanol–water partition coefficient (Wildman–Crippen LogP) is 1.76. The molecule has 0 aliphatic carbocycles. The van der Waals surface area contributed by atoms with Crippen LogP contribution in [0.1, 0.15) is 44.8 Å². The molecule has 0 bridgehead atoms. The van der Waals surface area contributed by atoms with Gasteiger partial charge in [-0.15, -0.1) is 0 Å². The van der Waals surface area contributed by atoms with E-state index in [1.54, 1.807) is 0 Å². The largest absolute Gasteiger partial charge is 0.393 e. The molecule has 1 aliphatic heterocycles. The van der Waals surface area contributed by atoms with E-state index in [0.717, 1.165) is 44.5 Å². The Bertz CT molecular complexity index is 360. The first-order valence-electron chi connectivity index (χ1n) is 7.17. The van der Waals surface area contributed by atoms with Crippen molar-refractivity contribution in [1.82, 2.24) is 15.1 Å². The van der Waals surface area contributed by atoms with Crippen LogP contribution >= 0.6 is 0 Å². The molecule has 4 nitrogen and oxygen atoms in total. The smallest absolute Gasteiger partial charge is 0.0628 e. The normalized spacial score (nSPS) is 24.7. The Hall–Kier alpha value is -0.870. The van der Waals surface area contributed by atoms with Crippen molar-refractivity contribution in [2.75, 3.05) is 13.1 Å². The van der Waals surface area contributed by atoms with E-state index < -0.39 is 0 Å². The summed E-state index contributed by atoms with van der Waals surface area (Å²) in [7, 11) is 0. The Balaban J connectivity index is 1.97. The molecule has 2 rings (SSSR count). The third-order valence-corrected chi connectivity index (χ3v) is 4.02. The molecule has 1 fully saturated rings. The summed E-state index contributed by atoms with van der Waals surface area (Å²) in [4.78, 5) is 0. The Morgan fingerprint density at radius 1 is 1.50 bits per heavy atom. The standard InChI is InChI=1S/C14H25N3O/c1-3-13(4-2)17-8-6-12(16-17)9-11-10-15-7-5-14(11)18/h6,8,11,13-15,18H,3-5,7,9-10H2,1-2H3. The van der Waals surface area contributed by atoms with Gasteiger partial charge in [0.2, 0.25) is 0 Å². The molecule has 1 aromatic rings. The van der Waals surface area contributed by atoms with E-state index in [1.165, 1.54) is 0 Å². The summed E-state index contributed by atoms with van der Waals surface area (Å²) in [6.07, 6.45) is 5.87. The van der Waals surface area contributed by atoms with Crippen LogP contribution in [-0.2, 0) is 6.42 Å². The zero-order chi connectivity index (χ0) is 13.0. The zero-order valence-corrected chi connectivity index (χ0v) is 11.5. The van der Waals surface area contributed by atoms with E-state index in [1.807, 2.05) is 0 Å². The number of piperidine rings is 1. The molecule has 0 aromatic carbocycles. The highest BCUT2D eigenvalue weighted by Gasteiger charge is 2.23. The fraction of sp³-hybridized carbons (Fsp3) is 0.786. The van der Waals surface area contributed by atoms with Gasteiger partial charge >= 0.3 is 0 Å². The lowest BCUT2D eigenvalue weighted by Crippen LogP contribution is -2.40. The highest BCUT2D eigenvalue weighted by molar-refractivity contribution is 5.02. The summed E-state index contributed by atoms with van der Waals surface area (Å²) in [5.74, 6) is 0.309. The number of aliphatic hydroxyl groups is 1. The quantitative estimate of drug-likeness (QED) is 0.838. The van der Waals surface area contributed by atoms with Gasteiger partial charge in [-0.2, -0.15) is 5.10 Å². The molecule has 4 heteroatoms. The van der Waals surface area contributed by atoms with Crippen LogP contribution in [0.3, 0.4) is 0 Å². The molecule has 2 N–H and O–H groups in total. The van der Waals surface area contributed by atoms with Crippen LogP contribution in [0.4, 0.5) is 0 Å². The summed E-state index contributed by atoms with van der Waals surface area (Å²) in [6, 6.07) is 2.60. The van der Waals surface area contributed by atoms with Crippen molar-refractivity contribution in [3.05, 3.63) is 18.0 Å². The van der Waals surface area contributed by atoms with Crippen molar-refractivity contribution >= 4 is 0 Å². The van der Waals surface area contributed by atoms with Gasteiger partial charge in [0.1, 0.15) is 0 Å². The van der Waals surface area contributed by atoms with Crippen molar-refractivity contribution in [3.8, 4) is 0 Å². The number of aliphatic hydroxyl groups excluding tert-OH is 1. The number of hydrogen-bond acceptors (Lipinski definition) is 3. The van der Waals surface area contributed by atoms with Gasteiger partial charge in [-0.1, -0.05) is 13.8 Å². The van der Waals surface area contributed by atoms with Gasteiger partial charge in [0, 0.05) is 18.7 Å². The van der Waals surface area contributed by atoms with Crippen molar-refractivity contribution in [2.24, 2.45) is 5.92 Å². The average Bonchev–Trinajstić information content (AvgIpc) is 2.82. The first-order chi connectivity index (χ1) is 8.74. The van der Waals surface area contributed by atoms with Crippen molar-refractivity contribution < 1.29 is 5.11 Å².